The third-order valence-electron chi connectivity index (χ3n) is 5.88. The number of rotatable bonds is 10. The molecule has 2 aromatic carbocycles. The average Bonchev–Trinajstić information content (AvgIpc) is 3.08. The zero-order chi connectivity index (χ0) is 24.0. The van der Waals surface area contributed by atoms with Crippen LogP contribution in [0.25, 0.3) is 5.76 Å². The number of aliphatic hydroxyl groups is 1. The number of ketones is 1. The lowest BCUT2D eigenvalue weighted by Gasteiger charge is -2.28. The summed E-state index contributed by atoms with van der Waals surface area (Å²) in [6.45, 7) is 9.54. The maximum atomic E-state index is 13.1. The molecule has 7 heteroatoms. The van der Waals surface area contributed by atoms with Crippen molar-refractivity contribution in [2.75, 3.05) is 32.8 Å². The highest BCUT2D eigenvalue weighted by Gasteiger charge is 2.45. The van der Waals surface area contributed by atoms with Crippen molar-refractivity contribution in [1.82, 2.24) is 9.80 Å². The molecule has 1 aliphatic rings. The van der Waals surface area contributed by atoms with Crippen LogP contribution in [0, 0.1) is 0 Å². The molecule has 1 aliphatic heterocycles. The van der Waals surface area contributed by atoms with Gasteiger partial charge in [0.25, 0.3) is 11.7 Å². The first-order valence-corrected chi connectivity index (χ1v) is 12.2. The van der Waals surface area contributed by atoms with Crippen LogP contribution in [0.3, 0.4) is 0 Å². The minimum Gasteiger partial charge on any atom is -0.507 e. The molecule has 1 N–H and O–H groups in total. The van der Waals surface area contributed by atoms with Gasteiger partial charge in [0.15, 0.2) is 0 Å². The number of nitrogens with zero attached hydrogens (tertiary/aromatic N) is 2. The van der Waals surface area contributed by atoms with E-state index in [9.17, 15) is 14.7 Å². The van der Waals surface area contributed by atoms with Crippen LogP contribution in [0.15, 0.2) is 58.6 Å². The largest absolute Gasteiger partial charge is 0.507 e. The monoisotopic (exact) mass is 514 g/mol. The molecule has 2 aromatic rings. The molecule has 1 fully saturated rings. The van der Waals surface area contributed by atoms with Gasteiger partial charge in [-0.2, -0.15) is 0 Å². The van der Waals surface area contributed by atoms with Crippen LogP contribution in [0.5, 0.6) is 5.75 Å². The van der Waals surface area contributed by atoms with Gasteiger partial charge in [-0.05, 0) is 49.3 Å². The van der Waals surface area contributed by atoms with E-state index in [-0.39, 0.29) is 11.3 Å². The van der Waals surface area contributed by atoms with E-state index in [1.165, 1.54) is 0 Å². The Hall–Kier alpha value is -2.64. The summed E-state index contributed by atoms with van der Waals surface area (Å²) < 4.78 is 6.54. The summed E-state index contributed by atoms with van der Waals surface area (Å²) in [4.78, 5) is 30.0. The molecule has 33 heavy (non-hydrogen) atoms. The molecule has 1 amide bonds. The summed E-state index contributed by atoms with van der Waals surface area (Å²) in [5.41, 5.74) is 1.37. The number of hydrogen-bond donors (Lipinski definition) is 1. The van der Waals surface area contributed by atoms with Crippen molar-refractivity contribution in [3.8, 4) is 5.75 Å². The van der Waals surface area contributed by atoms with Gasteiger partial charge in [0.1, 0.15) is 11.5 Å². The minimum atomic E-state index is -0.663. The van der Waals surface area contributed by atoms with E-state index in [0.29, 0.717) is 25.3 Å². The molecule has 176 valence electrons. The van der Waals surface area contributed by atoms with Crippen molar-refractivity contribution in [2.45, 2.75) is 33.2 Å². The van der Waals surface area contributed by atoms with E-state index in [1.807, 2.05) is 31.2 Å². The van der Waals surface area contributed by atoms with Gasteiger partial charge in [-0.3, -0.25) is 9.59 Å². The first-order chi connectivity index (χ1) is 15.9. The molecule has 0 radical (unpaired) electrons. The fourth-order valence-corrected chi connectivity index (χ4v) is 4.24. The molecule has 1 atom stereocenters. The van der Waals surface area contributed by atoms with Crippen LogP contribution in [-0.4, -0.2) is 59.4 Å². The molecular weight excluding hydrogens is 484 g/mol. The Kier molecular flexibility index (Phi) is 8.69. The van der Waals surface area contributed by atoms with Crippen molar-refractivity contribution in [3.63, 3.8) is 0 Å². The third-order valence-corrected chi connectivity index (χ3v) is 6.41. The summed E-state index contributed by atoms with van der Waals surface area (Å²) in [7, 11) is 0. The number of amides is 1. The van der Waals surface area contributed by atoms with Crippen LogP contribution in [0.2, 0.25) is 0 Å². The Morgan fingerprint density at radius 2 is 1.67 bits per heavy atom. The second-order valence-electron chi connectivity index (χ2n) is 7.94. The SMILES string of the molecule is CCCOc1ccc([C@H]2C(=C(O)c3ccc(Br)cc3)C(=O)C(=O)N2CCN(CC)CC)cc1. The van der Waals surface area contributed by atoms with Gasteiger partial charge < -0.3 is 19.6 Å². The highest BCUT2D eigenvalue weighted by molar-refractivity contribution is 9.10. The van der Waals surface area contributed by atoms with Crippen molar-refractivity contribution >= 4 is 33.4 Å². The molecule has 3 rings (SSSR count). The Bertz CT molecular complexity index is 998. The lowest BCUT2D eigenvalue weighted by molar-refractivity contribution is -0.140. The zero-order valence-corrected chi connectivity index (χ0v) is 21.0. The summed E-state index contributed by atoms with van der Waals surface area (Å²) in [5, 5.41) is 11.1. The first kappa shape index (κ1) is 25.0. The van der Waals surface area contributed by atoms with Gasteiger partial charge in [-0.25, -0.2) is 0 Å². The zero-order valence-electron chi connectivity index (χ0n) is 19.4. The molecule has 0 unspecified atom stereocenters. The number of halogens is 1. The Morgan fingerprint density at radius 3 is 2.24 bits per heavy atom. The predicted molar refractivity (Wildman–Crippen MR) is 133 cm³/mol. The second-order valence-corrected chi connectivity index (χ2v) is 8.86. The molecular formula is C26H31BrN2O4. The van der Waals surface area contributed by atoms with Gasteiger partial charge >= 0.3 is 0 Å². The number of Topliss-reactive ketones (excluding diaryl/α,β-unsaturated/α-hetero) is 1. The highest BCUT2D eigenvalue weighted by atomic mass is 79.9. The number of likely N-dealkylation sites (tertiary alicyclic amines) is 1. The minimum absolute atomic E-state index is 0.115. The highest BCUT2D eigenvalue weighted by Crippen LogP contribution is 2.39. The number of carbonyl (C=O) groups is 2. The van der Waals surface area contributed by atoms with Crippen LogP contribution < -0.4 is 4.74 Å². The van der Waals surface area contributed by atoms with Crippen molar-refractivity contribution in [3.05, 3.63) is 69.7 Å². The van der Waals surface area contributed by atoms with Crippen LogP contribution in [0.1, 0.15) is 44.4 Å². The van der Waals surface area contributed by atoms with E-state index < -0.39 is 17.7 Å². The van der Waals surface area contributed by atoms with Crippen LogP contribution >= 0.6 is 15.9 Å². The maximum Gasteiger partial charge on any atom is 0.295 e. The normalized spacial score (nSPS) is 17.7. The van der Waals surface area contributed by atoms with Crippen molar-refractivity contribution in [2.24, 2.45) is 0 Å². The van der Waals surface area contributed by atoms with Crippen molar-refractivity contribution in [1.29, 1.82) is 0 Å². The molecule has 0 aromatic heterocycles. The Morgan fingerprint density at radius 1 is 1.03 bits per heavy atom. The fraction of sp³-hybridized carbons (Fsp3) is 0.385. The Labute approximate surface area is 204 Å². The number of likely N-dealkylation sites (N-methyl/N-ethyl adjacent to an activating group) is 1. The second kappa shape index (κ2) is 11.5. The molecule has 6 nitrogen and oxygen atoms in total. The number of ether oxygens (including phenoxy) is 1. The molecule has 0 saturated carbocycles. The van der Waals surface area contributed by atoms with Gasteiger partial charge in [0.05, 0.1) is 18.2 Å². The molecule has 0 aliphatic carbocycles. The number of aliphatic hydroxyl groups excluding tert-OH is 1. The van der Waals surface area contributed by atoms with Crippen molar-refractivity contribution < 1.29 is 19.4 Å². The number of carbonyl (C=O) groups excluding carboxylic acids is 2. The van der Waals surface area contributed by atoms with Gasteiger partial charge in [-0.15, -0.1) is 0 Å². The van der Waals surface area contributed by atoms with Gasteiger partial charge in [0, 0.05) is 23.1 Å². The first-order valence-electron chi connectivity index (χ1n) is 11.4. The maximum absolute atomic E-state index is 13.1. The lowest BCUT2D eigenvalue weighted by Crippen LogP contribution is -2.38. The standard InChI is InChI=1S/C26H31BrN2O4/c1-4-17-33-21-13-9-18(10-14-21)23-22(24(30)19-7-11-20(27)12-8-19)25(31)26(32)29(23)16-15-28(5-2)6-3/h7-14,23,30H,4-6,15-17H2,1-3H3/t23-/m0/s1. The molecule has 1 saturated heterocycles. The summed E-state index contributed by atoms with van der Waals surface area (Å²) in [6, 6.07) is 13.8. The number of benzene rings is 2. The summed E-state index contributed by atoms with van der Waals surface area (Å²) in [5.74, 6) is -0.681. The third kappa shape index (κ3) is 5.65. The fourth-order valence-electron chi connectivity index (χ4n) is 3.98. The number of hydrogen-bond acceptors (Lipinski definition) is 5. The summed E-state index contributed by atoms with van der Waals surface area (Å²) in [6.07, 6.45) is 0.903. The van der Waals surface area contributed by atoms with Crippen LogP contribution in [-0.2, 0) is 9.59 Å². The quantitative estimate of drug-likeness (QED) is 0.274. The van der Waals surface area contributed by atoms with E-state index in [1.54, 1.807) is 29.2 Å². The van der Waals surface area contributed by atoms with E-state index >= 15 is 0 Å². The topological polar surface area (TPSA) is 70.1 Å². The van der Waals surface area contributed by atoms with E-state index in [4.69, 9.17) is 4.74 Å². The predicted octanol–water partition coefficient (Wildman–Crippen LogP) is 5.00. The van der Waals surface area contributed by atoms with E-state index in [0.717, 1.165) is 35.3 Å². The molecule has 0 spiro atoms. The van der Waals surface area contributed by atoms with Gasteiger partial charge in [0.2, 0.25) is 0 Å². The lowest BCUT2D eigenvalue weighted by atomic mass is 9.95. The molecule has 1 heterocycles. The average molecular weight is 515 g/mol. The molecule has 0 bridgehead atoms. The van der Waals surface area contributed by atoms with Crippen LogP contribution in [0.4, 0.5) is 0 Å². The Balaban J connectivity index is 2.04. The summed E-state index contributed by atoms with van der Waals surface area (Å²) >= 11 is 3.39. The van der Waals surface area contributed by atoms with E-state index in [2.05, 4.69) is 34.7 Å². The smallest absolute Gasteiger partial charge is 0.295 e. The van der Waals surface area contributed by atoms with Gasteiger partial charge in [-0.1, -0.05) is 61.0 Å².